The van der Waals surface area contributed by atoms with Crippen molar-refractivity contribution < 1.29 is 9.53 Å². The molecular weight excluding hydrogens is 244 g/mol. The maximum absolute atomic E-state index is 12.4. The van der Waals surface area contributed by atoms with Gasteiger partial charge in [-0.1, -0.05) is 24.6 Å². The summed E-state index contributed by atoms with van der Waals surface area (Å²) in [6.07, 6.45) is 0.931. The molecule has 0 bridgehead atoms. The third-order valence-electron chi connectivity index (χ3n) is 2.59. The molecule has 0 atom stereocenters. The molecule has 2 rings (SSSR count). The number of carbonyl (C=O) groups is 1. The van der Waals surface area contributed by atoms with E-state index in [1.807, 2.05) is 42.6 Å². The number of ketones is 1. The smallest absolute Gasteiger partial charge is 0.206 e. The number of ether oxygens (including phenoxy) is 1. The molecule has 3 heteroatoms. The fraction of sp³-hybridized carbons (Fsp3) is 0.267. The van der Waals surface area contributed by atoms with Crippen LogP contribution < -0.4 is 4.74 Å². The zero-order chi connectivity index (χ0) is 13.0. The average molecular weight is 260 g/mol. The molecule has 0 spiro atoms. The maximum Gasteiger partial charge on any atom is 0.206 e. The van der Waals surface area contributed by atoms with Crippen LogP contribution in [0.15, 0.2) is 35.7 Å². The molecule has 0 aliphatic rings. The molecule has 1 aromatic carbocycles. The largest absolute Gasteiger partial charge is 0.493 e. The van der Waals surface area contributed by atoms with Gasteiger partial charge in [0.05, 0.1) is 17.0 Å². The van der Waals surface area contributed by atoms with Gasteiger partial charge in [-0.25, -0.2) is 0 Å². The Labute approximate surface area is 111 Å². The van der Waals surface area contributed by atoms with E-state index in [0.717, 1.165) is 16.9 Å². The molecule has 0 saturated heterocycles. The Bertz CT molecular complexity index is 529. The van der Waals surface area contributed by atoms with Crippen LogP contribution in [0.25, 0.3) is 0 Å². The van der Waals surface area contributed by atoms with E-state index in [1.54, 1.807) is 0 Å². The Kier molecular flexibility index (Phi) is 4.15. The summed E-state index contributed by atoms with van der Waals surface area (Å²) in [6, 6.07) is 9.48. The van der Waals surface area contributed by atoms with E-state index in [2.05, 4.69) is 6.92 Å². The van der Waals surface area contributed by atoms with E-state index < -0.39 is 0 Å². The maximum atomic E-state index is 12.4. The summed E-state index contributed by atoms with van der Waals surface area (Å²) in [5.74, 6) is 0.723. The fourth-order valence-corrected chi connectivity index (χ4v) is 2.38. The number of aryl methyl sites for hydroxylation is 1. The van der Waals surface area contributed by atoms with Gasteiger partial charge in [0, 0.05) is 0 Å². The lowest BCUT2D eigenvalue weighted by Gasteiger charge is -2.10. The van der Waals surface area contributed by atoms with Crippen molar-refractivity contribution in [3.05, 3.63) is 51.7 Å². The molecule has 0 N–H and O–H groups in total. The zero-order valence-electron chi connectivity index (χ0n) is 10.6. The minimum atomic E-state index is 0.0415. The highest BCUT2D eigenvalue weighted by atomic mass is 32.1. The predicted molar refractivity (Wildman–Crippen MR) is 74.7 cm³/mol. The molecule has 0 unspecified atom stereocenters. The second-order valence-corrected chi connectivity index (χ2v) is 5.10. The molecule has 0 radical (unpaired) electrons. The highest BCUT2D eigenvalue weighted by molar-refractivity contribution is 7.12. The van der Waals surface area contributed by atoms with Gasteiger partial charge < -0.3 is 4.74 Å². The van der Waals surface area contributed by atoms with Crippen molar-refractivity contribution in [2.45, 2.75) is 20.3 Å². The molecule has 1 aromatic heterocycles. The molecule has 18 heavy (non-hydrogen) atoms. The number of carbonyl (C=O) groups excluding carboxylic acids is 1. The van der Waals surface area contributed by atoms with E-state index in [0.29, 0.717) is 17.9 Å². The van der Waals surface area contributed by atoms with Gasteiger partial charge >= 0.3 is 0 Å². The Morgan fingerprint density at radius 2 is 2.17 bits per heavy atom. The predicted octanol–water partition coefficient (Wildman–Crippen LogP) is 4.08. The van der Waals surface area contributed by atoms with Crippen LogP contribution in [-0.2, 0) is 0 Å². The number of hydrogen-bond acceptors (Lipinski definition) is 3. The van der Waals surface area contributed by atoms with Crippen molar-refractivity contribution in [1.82, 2.24) is 0 Å². The lowest BCUT2D eigenvalue weighted by Crippen LogP contribution is -2.05. The van der Waals surface area contributed by atoms with Gasteiger partial charge in [0.1, 0.15) is 5.75 Å². The highest BCUT2D eigenvalue weighted by Gasteiger charge is 2.15. The van der Waals surface area contributed by atoms with Gasteiger partial charge in [0.15, 0.2) is 0 Å². The fourth-order valence-electron chi connectivity index (χ4n) is 1.70. The molecule has 2 aromatic rings. The molecule has 0 amide bonds. The van der Waals surface area contributed by atoms with Crippen LogP contribution in [0.1, 0.15) is 34.1 Å². The van der Waals surface area contributed by atoms with E-state index in [4.69, 9.17) is 4.74 Å². The second-order valence-electron chi connectivity index (χ2n) is 4.15. The Morgan fingerprint density at radius 1 is 1.33 bits per heavy atom. The summed E-state index contributed by atoms with van der Waals surface area (Å²) in [4.78, 5) is 13.1. The lowest BCUT2D eigenvalue weighted by atomic mass is 10.1. The first-order valence-electron chi connectivity index (χ1n) is 6.04. The molecule has 2 nitrogen and oxygen atoms in total. The van der Waals surface area contributed by atoms with Crippen molar-refractivity contribution in [2.75, 3.05) is 6.61 Å². The van der Waals surface area contributed by atoms with Crippen molar-refractivity contribution in [3.63, 3.8) is 0 Å². The zero-order valence-corrected chi connectivity index (χ0v) is 11.4. The third kappa shape index (κ3) is 2.79. The minimum absolute atomic E-state index is 0.0415. The Morgan fingerprint density at radius 3 is 2.83 bits per heavy atom. The van der Waals surface area contributed by atoms with E-state index in [-0.39, 0.29) is 5.78 Å². The van der Waals surface area contributed by atoms with Crippen LogP contribution in [0.4, 0.5) is 0 Å². The van der Waals surface area contributed by atoms with Crippen molar-refractivity contribution in [3.8, 4) is 5.75 Å². The van der Waals surface area contributed by atoms with Crippen molar-refractivity contribution >= 4 is 17.1 Å². The van der Waals surface area contributed by atoms with Crippen molar-refractivity contribution in [2.24, 2.45) is 0 Å². The average Bonchev–Trinajstić information content (AvgIpc) is 2.90. The lowest BCUT2D eigenvalue weighted by molar-refractivity contribution is 0.103. The quantitative estimate of drug-likeness (QED) is 0.757. The molecule has 94 valence electrons. The van der Waals surface area contributed by atoms with Crippen LogP contribution in [-0.4, -0.2) is 12.4 Å². The highest BCUT2D eigenvalue weighted by Crippen LogP contribution is 2.25. The summed E-state index contributed by atoms with van der Waals surface area (Å²) >= 11 is 1.46. The van der Waals surface area contributed by atoms with Crippen LogP contribution in [0.3, 0.4) is 0 Å². The molecular formula is C15H16O2S. The first-order chi connectivity index (χ1) is 8.72. The van der Waals surface area contributed by atoms with Crippen LogP contribution in [0.5, 0.6) is 5.75 Å². The van der Waals surface area contributed by atoms with Crippen LogP contribution >= 0.6 is 11.3 Å². The molecule has 0 aliphatic carbocycles. The van der Waals surface area contributed by atoms with Crippen LogP contribution in [0, 0.1) is 6.92 Å². The first-order valence-corrected chi connectivity index (χ1v) is 6.92. The van der Waals surface area contributed by atoms with Gasteiger partial charge in [-0.05, 0) is 36.9 Å². The molecule has 0 saturated carbocycles. The molecule has 0 aliphatic heterocycles. The standard InChI is InChI=1S/C15H16O2S/c1-3-8-17-13-7-6-11(2)10-12(13)15(16)14-5-4-9-18-14/h4-7,9-10H,3,8H2,1-2H3. The summed E-state index contributed by atoms with van der Waals surface area (Å²) in [5.41, 5.74) is 1.73. The van der Waals surface area contributed by atoms with Gasteiger partial charge in [-0.3, -0.25) is 4.79 Å². The monoisotopic (exact) mass is 260 g/mol. The van der Waals surface area contributed by atoms with Gasteiger partial charge in [-0.2, -0.15) is 0 Å². The molecule has 1 heterocycles. The minimum Gasteiger partial charge on any atom is -0.493 e. The summed E-state index contributed by atoms with van der Waals surface area (Å²) in [6.45, 7) is 4.66. The number of thiophene rings is 1. The van der Waals surface area contributed by atoms with E-state index >= 15 is 0 Å². The number of rotatable bonds is 5. The third-order valence-corrected chi connectivity index (χ3v) is 3.45. The topological polar surface area (TPSA) is 26.3 Å². The summed E-state index contributed by atoms with van der Waals surface area (Å²) in [7, 11) is 0. The Balaban J connectivity index is 2.35. The summed E-state index contributed by atoms with van der Waals surface area (Å²) in [5, 5.41) is 1.91. The van der Waals surface area contributed by atoms with E-state index in [9.17, 15) is 4.79 Å². The normalized spacial score (nSPS) is 10.3. The Hall–Kier alpha value is -1.61. The SMILES string of the molecule is CCCOc1ccc(C)cc1C(=O)c1cccs1. The number of benzene rings is 1. The van der Waals surface area contributed by atoms with E-state index in [1.165, 1.54) is 11.3 Å². The number of hydrogen-bond donors (Lipinski definition) is 0. The van der Waals surface area contributed by atoms with Gasteiger partial charge in [0.2, 0.25) is 5.78 Å². The van der Waals surface area contributed by atoms with Gasteiger partial charge in [-0.15, -0.1) is 11.3 Å². The van der Waals surface area contributed by atoms with Crippen LogP contribution in [0.2, 0.25) is 0 Å². The molecule has 0 fully saturated rings. The first kappa shape index (κ1) is 12.8. The summed E-state index contributed by atoms with van der Waals surface area (Å²) < 4.78 is 5.64. The second kappa shape index (κ2) is 5.83. The van der Waals surface area contributed by atoms with Crippen molar-refractivity contribution in [1.29, 1.82) is 0 Å². The van der Waals surface area contributed by atoms with Gasteiger partial charge in [0.25, 0.3) is 0 Å².